The molecule has 1 amide bonds. The fourth-order valence-electron chi connectivity index (χ4n) is 2.40. The molecular formula is C16H17N5O. The van der Waals surface area contributed by atoms with Crippen LogP contribution in [0.1, 0.15) is 27.4 Å². The molecule has 0 fully saturated rings. The van der Waals surface area contributed by atoms with E-state index in [-0.39, 0.29) is 5.91 Å². The number of rotatable bonds is 3. The van der Waals surface area contributed by atoms with Crippen LogP contribution in [0.2, 0.25) is 0 Å². The van der Waals surface area contributed by atoms with Crippen molar-refractivity contribution in [3.8, 4) is 0 Å². The summed E-state index contributed by atoms with van der Waals surface area (Å²) in [6, 6.07) is 7.56. The van der Waals surface area contributed by atoms with Gasteiger partial charge in [0.25, 0.3) is 5.91 Å². The summed E-state index contributed by atoms with van der Waals surface area (Å²) in [5, 5.41) is 8.06. The van der Waals surface area contributed by atoms with Gasteiger partial charge in [-0.15, -0.1) is 0 Å². The first-order chi connectivity index (χ1) is 10.5. The topological polar surface area (TPSA) is 72.7 Å². The number of aryl methyl sites for hydroxylation is 3. The zero-order valence-corrected chi connectivity index (χ0v) is 12.8. The van der Waals surface area contributed by atoms with E-state index in [1.54, 1.807) is 10.9 Å². The highest BCUT2D eigenvalue weighted by atomic mass is 16.1. The smallest absolute Gasteiger partial charge is 0.253 e. The average Bonchev–Trinajstić information content (AvgIpc) is 2.79. The lowest BCUT2D eigenvalue weighted by atomic mass is 10.2. The monoisotopic (exact) mass is 295 g/mol. The van der Waals surface area contributed by atoms with Crippen LogP contribution in [0, 0.1) is 13.8 Å². The Morgan fingerprint density at radius 1 is 1.32 bits per heavy atom. The van der Waals surface area contributed by atoms with Crippen molar-refractivity contribution >= 4 is 16.9 Å². The Kier molecular flexibility index (Phi) is 3.58. The van der Waals surface area contributed by atoms with Gasteiger partial charge in [0, 0.05) is 24.3 Å². The highest BCUT2D eigenvalue weighted by Crippen LogP contribution is 2.16. The minimum absolute atomic E-state index is 0.166. The van der Waals surface area contributed by atoms with Crippen molar-refractivity contribution < 1.29 is 4.79 Å². The maximum atomic E-state index is 12.3. The van der Waals surface area contributed by atoms with Gasteiger partial charge in [-0.3, -0.25) is 14.5 Å². The third-order valence-corrected chi connectivity index (χ3v) is 3.50. The van der Waals surface area contributed by atoms with Gasteiger partial charge in [0.15, 0.2) is 5.65 Å². The molecule has 6 nitrogen and oxygen atoms in total. The molecule has 112 valence electrons. The molecule has 0 unspecified atom stereocenters. The van der Waals surface area contributed by atoms with E-state index in [9.17, 15) is 4.79 Å². The molecule has 1 N–H and O–H groups in total. The Labute approximate surface area is 128 Å². The van der Waals surface area contributed by atoms with Crippen molar-refractivity contribution in [2.24, 2.45) is 7.05 Å². The molecule has 0 aliphatic carbocycles. The molecule has 0 saturated carbocycles. The molecule has 6 heteroatoms. The molecular weight excluding hydrogens is 278 g/mol. The van der Waals surface area contributed by atoms with Gasteiger partial charge in [0.2, 0.25) is 0 Å². The maximum absolute atomic E-state index is 12.3. The third kappa shape index (κ3) is 2.67. The van der Waals surface area contributed by atoms with E-state index in [4.69, 9.17) is 0 Å². The fraction of sp³-hybridized carbons (Fsp3) is 0.250. The number of carbonyl (C=O) groups excluding carboxylic acids is 1. The van der Waals surface area contributed by atoms with Crippen LogP contribution in [0.5, 0.6) is 0 Å². The molecule has 0 aromatic carbocycles. The number of hydrogen-bond acceptors (Lipinski definition) is 4. The molecule has 0 spiro atoms. The van der Waals surface area contributed by atoms with Crippen LogP contribution in [0.15, 0.2) is 30.5 Å². The Morgan fingerprint density at radius 2 is 2.14 bits per heavy atom. The van der Waals surface area contributed by atoms with Gasteiger partial charge < -0.3 is 5.32 Å². The van der Waals surface area contributed by atoms with Gasteiger partial charge >= 0.3 is 0 Å². The van der Waals surface area contributed by atoms with E-state index in [0.29, 0.717) is 12.1 Å². The van der Waals surface area contributed by atoms with Crippen LogP contribution in [0.25, 0.3) is 11.0 Å². The first kappa shape index (κ1) is 14.2. The zero-order chi connectivity index (χ0) is 15.7. The van der Waals surface area contributed by atoms with E-state index < -0.39 is 0 Å². The Hall–Kier alpha value is -2.76. The van der Waals surface area contributed by atoms with Crippen LogP contribution in [0.4, 0.5) is 0 Å². The van der Waals surface area contributed by atoms with Gasteiger partial charge in [-0.2, -0.15) is 5.10 Å². The zero-order valence-electron chi connectivity index (χ0n) is 12.8. The normalized spacial score (nSPS) is 10.9. The standard InChI is InChI=1S/C16H17N5O/c1-10-5-4-6-13(19-10)9-18-16(22)12-7-14-11(2)20-21(3)15(14)17-8-12/h4-8H,9H2,1-3H3,(H,18,22). The predicted octanol–water partition coefficient (Wildman–Crippen LogP) is 1.91. The van der Waals surface area contributed by atoms with Crippen molar-refractivity contribution in [2.75, 3.05) is 0 Å². The number of hydrogen-bond donors (Lipinski definition) is 1. The minimum Gasteiger partial charge on any atom is -0.346 e. The summed E-state index contributed by atoms with van der Waals surface area (Å²) < 4.78 is 1.71. The van der Waals surface area contributed by atoms with Crippen molar-refractivity contribution in [1.29, 1.82) is 0 Å². The first-order valence-electron chi connectivity index (χ1n) is 7.04. The summed E-state index contributed by atoms with van der Waals surface area (Å²) in [4.78, 5) is 20.9. The fourth-order valence-corrected chi connectivity index (χ4v) is 2.40. The summed E-state index contributed by atoms with van der Waals surface area (Å²) in [5.41, 5.74) is 3.92. The lowest BCUT2D eigenvalue weighted by Gasteiger charge is -2.05. The molecule has 3 rings (SSSR count). The predicted molar refractivity (Wildman–Crippen MR) is 83.4 cm³/mol. The van der Waals surface area contributed by atoms with E-state index >= 15 is 0 Å². The lowest BCUT2D eigenvalue weighted by molar-refractivity contribution is 0.0950. The highest BCUT2D eigenvalue weighted by molar-refractivity contribution is 5.97. The van der Waals surface area contributed by atoms with Crippen molar-refractivity contribution in [2.45, 2.75) is 20.4 Å². The molecule has 22 heavy (non-hydrogen) atoms. The quantitative estimate of drug-likeness (QED) is 0.801. The summed E-state index contributed by atoms with van der Waals surface area (Å²) in [7, 11) is 1.84. The van der Waals surface area contributed by atoms with Crippen LogP contribution in [-0.2, 0) is 13.6 Å². The number of nitrogens with zero attached hydrogens (tertiary/aromatic N) is 4. The molecule has 3 aromatic rings. The second-order valence-corrected chi connectivity index (χ2v) is 5.26. The third-order valence-electron chi connectivity index (χ3n) is 3.50. The molecule has 3 aromatic heterocycles. The molecule has 3 heterocycles. The molecule has 0 aliphatic rings. The van der Waals surface area contributed by atoms with Crippen LogP contribution in [0.3, 0.4) is 0 Å². The van der Waals surface area contributed by atoms with E-state index in [2.05, 4.69) is 20.4 Å². The summed E-state index contributed by atoms with van der Waals surface area (Å²) in [6.45, 7) is 4.22. The van der Waals surface area contributed by atoms with Gasteiger partial charge in [0.05, 0.1) is 23.5 Å². The number of pyridine rings is 2. The maximum Gasteiger partial charge on any atom is 0.253 e. The summed E-state index contributed by atoms with van der Waals surface area (Å²) in [6.07, 6.45) is 1.57. The molecule has 0 bridgehead atoms. The second-order valence-electron chi connectivity index (χ2n) is 5.26. The number of carbonyl (C=O) groups is 1. The first-order valence-corrected chi connectivity index (χ1v) is 7.04. The Balaban J connectivity index is 1.79. The average molecular weight is 295 g/mol. The number of aromatic nitrogens is 4. The van der Waals surface area contributed by atoms with Gasteiger partial charge in [-0.1, -0.05) is 6.07 Å². The van der Waals surface area contributed by atoms with Gasteiger partial charge in [-0.25, -0.2) is 4.98 Å². The van der Waals surface area contributed by atoms with E-state index in [1.165, 1.54) is 0 Å². The Morgan fingerprint density at radius 3 is 2.91 bits per heavy atom. The van der Waals surface area contributed by atoms with Crippen LogP contribution < -0.4 is 5.32 Å². The molecule has 0 radical (unpaired) electrons. The molecule has 0 aliphatic heterocycles. The van der Waals surface area contributed by atoms with E-state index in [0.717, 1.165) is 28.1 Å². The SMILES string of the molecule is Cc1cccc(CNC(=O)c2cnc3c(c2)c(C)nn3C)n1. The summed E-state index contributed by atoms with van der Waals surface area (Å²) in [5.74, 6) is -0.166. The van der Waals surface area contributed by atoms with E-state index in [1.807, 2.05) is 45.2 Å². The largest absolute Gasteiger partial charge is 0.346 e. The van der Waals surface area contributed by atoms with Gasteiger partial charge in [-0.05, 0) is 32.0 Å². The van der Waals surface area contributed by atoms with Crippen LogP contribution in [-0.4, -0.2) is 25.7 Å². The van der Waals surface area contributed by atoms with Crippen molar-refractivity contribution in [1.82, 2.24) is 25.1 Å². The number of fused-ring (bicyclic) bond motifs is 1. The van der Waals surface area contributed by atoms with Crippen molar-refractivity contribution in [3.63, 3.8) is 0 Å². The lowest BCUT2D eigenvalue weighted by Crippen LogP contribution is -2.23. The highest BCUT2D eigenvalue weighted by Gasteiger charge is 2.11. The van der Waals surface area contributed by atoms with Crippen LogP contribution >= 0.6 is 0 Å². The second kappa shape index (κ2) is 5.55. The molecule has 0 atom stereocenters. The van der Waals surface area contributed by atoms with Crippen molar-refractivity contribution in [3.05, 3.63) is 53.1 Å². The minimum atomic E-state index is -0.166. The number of nitrogens with one attached hydrogen (secondary N) is 1. The number of amides is 1. The van der Waals surface area contributed by atoms with Gasteiger partial charge in [0.1, 0.15) is 0 Å². The Bertz CT molecular complexity index is 853. The molecule has 0 saturated heterocycles. The summed E-state index contributed by atoms with van der Waals surface area (Å²) >= 11 is 0.